The second-order valence-corrected chi connectivity index (χ2v) is 9.17. The number of unbranched alkanes of at least 4 members (excludes halogenated alkanes) is 3. The fraction of sp³-hybridized carbons (Fsp3) is 0.310. The van der Waals surface area contributed by atoms with Crippen molar-refractivity contribution in [1.29, 1.82) is 5.41 Å². The van der Waals surface area contributed by atoms with Crippen LogP contribution in [0, 0.1) is 5.41 Å². The van der Waals surface area contributed by atoms with Crippen LogP contribution in [0.5, 0.6) is 0 Å². The van der Waals surface area contributed by atoms with Gasteiger partial charge in [0, 0.05) is 31.4 Å². The van der Waals surface area contributed by atoms with Crippen molar-refractivity contribution in [1.82, 2.24) is 20.5 Å². The van der Waals surface area contributed by atoms with Gasteiger partial charge in [-0.2, -0.15) is 12.6 Å². The molecule has 6 N–H and O–H groups in total. The molecule has 2 rings (SSSR count). The molecule has 40 heavy (non-hydrogen) atoms. The molecule has 0 fully saturated rings. The molecule has 1 aromatic heterocycles. The van der Waals surface area contributed by atoms with E-state index >= 15 is 0 Å². The Hall–Kier alpha value is -3.93. The van der Waals surface area contributed by atoms with Crippen LogP contribution in [-0.2, 0) is 9.53 Å². The lowest BCUT2D eigenvalue weighted by molar-refractivity contribution is -0.112. The largest absolute Gasteiger partial charge is 0.486 e. The van der Waals surface area contributed by atoms with Gasteiger partial charge in [0.1, 0.15) is 18.4 Å². The molecular weight excluding hydrogens is 526 g/mol. The number of ether oxygens (including phenoxy) is 1. The summed E-state index contributed by atoms with van der Waals surface area (Å²) in [5, 5.41) is 18.1. The molecule has 0 unspecified atom stereocenters. The van der Waals surface area contributed by atoms with E-state index in [4.69, 9.17) is 15.9 Å². The van der Waals surface area contributed by atoms with E-state index < -0.39 is 11.8 Å². The normalized spacial score (nSPS) is 11.8. The zero-order valence-electron chi connectivity index (χ0n) is 23.0. The average Bonchev–Trinajstić information content (AvgIpc) is 2.96. The third kappa shape index (κ3) is 11.4. The van der Waals surface area contributed by atoms with E-state index in [9.17, 15) is 9.59 Å². The standard InChI is InChI=1S/C29H39N7O3S/c1-36(2)27(31)22-12-14-23(15-13-22)28(37)34-25(10-9-19-39-21-32-17-7-4-3-6-16-30)24(20-40)29(38)35-26-11-5-8-18-33-26/h5,8-15,18-20,31-32,40H,3-4,6-7,16-17,21,30H2,1-2H3,(H,34,37)(H,33,35,38)/b19-9+,24-20+,25-10+,31-27?. The highest BCUT2D eigenvalue weighted by atomic mass is 32.1. The van der Waals surface area contributed by atoms with Crippen molar-refractivity contribution >= 4 is 36.1 Å². The second-order valence-electron chi connectivity index (χ2n) is 8.91. The molecule has 10 nitrogen and oxygen atoms in total. The van der Waals surface area contributed by atoms with Crippen LogP contribution < -0.4 is 21.7 Å². The minimum atomic E-state index is -0.499. The number of nitrogens with two attached hydrogens (primary N) is 1. The monoisotopic (exact) mass is 565 g/mol. The van der Waals surface area contributed by atoms with Gasteiger partial charge in [0.05, 0.1) is 17.5 Å². The third-order valence-electron chi connectivity index (χ3n) is 5.62. The smallest absolute Gasteiger partial charge is 0.259 e. The van der Waals surface area contributed by atoms with Crippen molar-refractivity contribution in [3.8, 4) is 0 Å². The van der Waals surface area contributed by atoms with Crippen LogP contribution >= 0.6 is 12.6 Å². The lowest BCUT2D eigenvalue weighted by atomic mass is 10.1. The maximum atomic E-state index is 13.1. The molecule has 0 atom stereocenters. The molecule has 0 spiro atoms. The summed E-state index contributed by atoms with van der Waals surface area (Å²) in [5.41, 5.74) is 6.87. The molecule has 0 radical (unpaired) electrons. The van der Waals surface area contributed by atoms with Crippen molar-refractivity contribution in [3.05, 3.63) is 94.9 Å². The minimum absolute atomic E-state index is 0.119. The number of nitrogens with zero attached hydrogens (tertiary/aromatic N) is 2. The lowest BCUT2D eigenvalue weighted by Crippen LogP contribution is -2.28. The average molecular weight is 566 g/mol. The number of anilines is 1. The number of amides is 2. The molecule has 0 aliphatic rings. The van der Waals surface area contributed by atoms with Crippen LogP contribution in [0.4, 0.5) is 5.82 Å². The molecule has 214 valence electrons. The van der Waals surface area contributed by atoms with E-state index in [-0.39, 0.29) is 11.3 Å². The minimum Gasteiger partial charge on any atom is -0.486 e. The van der Waals surface area contributed by atoms with Crippen LogP contribution in [0.2, 0.25) is 0 Å². The van der Waals surface area contributed by atoms with Crippen molar-refractivity contribution in [2.24, 2.45) is 5.73 Å². The van der Waals surface area contributed by atoms with Gasteiger partial charge in [-0.25, -0.2) is 4.98 Å². The first-order valence-corrected chi connectivity index (χ1v) is 13.5. The molecule has 11 heteroatoms. The fourth-order valence-electron chi connectivity index (χ4n) is 3.42. The summed E-state index contributed by atoms with van der Waals surface area (Å²) in [6, 6.07) is 11.8. The molecule has 1 aromatic carbocycles. The molecule has 0 aliphatic heterocycles. The number of hydrogen-bond acceptors (Lipinski definition) is 8. The molecule has 1 heterocycles. The number of hydrogen-bond donors (Lipinski definition) is 6. The molecule has 0 saturated carbocycles. The van der Waals surface area contributed by atoms with Crippen LogP contribution in [0.15, 0.2) is 83.8 Å². The van der Waals surface area contributed by atoms with Gasteiger partial charge in [-0.15, -0.1) is 0 Å². The Balaban J connectivity index is 2.10. The highest BCUT2D eigenvalue weighted by molar-refractivity contribution is 7.83. The topological polar surface area (TPSA) is 145 Å². The lowest BCUT2D eigenvalue weighted by Gasteiger charge is -2.15. The molecular formula is C29H39N7O3S. The Labute approximate surface area is 241 Å². The first-order chi connectivity index (χ1) is 19.4. The number of thiol groups is 1. The number of rotatable bonds is 16. The molecule has 0 saturated heterocycles. The number of pyridine rings is 1. The van der Waals surface area contributed by atoms with Gasteiger partial charge in [0.25, 0.3) is 11.8 Å². The predicted octanol–water partition coefficient (Wildman–Crippen LogP) is 3.63. The summed E-state index contributed by atoms with van der Waals surface area (Å²) in [6.07, 6.45) is 10.5. The number of carbonyl (C=O) groups excluding carboxylic acids is 2. The van der Waals surface area contributed by atoms with E-state index in [1.807, 2.05) is 0 Å². The van der Waals surface area contributed by atoms with Gasteiger partial charge in [-0.05, 0) is 67.8 Å². The number of nitrogens with one attached hydrogen (secondary N) is 4. The van der Waals surface area contributed by atoms with Gasteiger partial charge in [0.2, 0.25) is 0 Å². The Morgan fingerprint density at radius 1 is 1.07 bits per heavy atom. The number of allylic oxidation sites excluding steroid dienone is 2. The summed E-state index contributed by atoms with van der Waals surface area (Å²) in [4.78, 5) is 31.9. The van der Waals surface area contributed by atoms with E-state index in [2.05, 4.69) is 33.6 Å². The van der Waals surface area contributed by atoms with Crippen molar-refractivity contribution in [2.75, 3.05) is 39.2 Å². The van der Waals surface area contributed by atoms with Crippen LogP contribution in [0.1, 0.15) is 41.6 Å². The maximum absolute atomic E-state index is 13.1. The van der Waals surface area contributed by atoms with E-state index in [1.54, 1.807) is 79.8 Å². The fourth-order valence-corrected chi connectivity index (χ4v) is 3.68. The van der Waals surface area contributed by atoms with E-state index in [1.165, 1.54) is 11.7 Å². The SMILES string of the molecule is CN(C)C(=N)c1ccc(C(=O)NC(=C/C=C/OCNCCCCCCN)/C(=C\S)C(=O)Nc2ccccn2)cc1. The van der Waals surface area contributed by atoms with Crippen molar-refractivity contribution in [2.45, 2.75) is 25.7 Å². The zero-order valence-corrected chi connectivity index (χ0v) is 23.9. The van der Waals surface area contributed by atoms with Gasteiger partial charge in [-0.3, -0.25) is 20.3 Å². The predicted molar refractivity (Wildman–Crippen MR) is 163 cm³/mol. The zero-order chi connectivity index (χ0) is 29.2. The summed E-state index contributed by atoms with van der Waals surface area (Å²) >= 11 is 4.22. The number of aromatic nitrogens is 1. The summed E-state index contributed by atoms with van der Waals surface area (Å²) in [6.45, 7) is 1.89. The van der Waals surface area contributed by atoms with Crippen LogP contribution in [0.3, 0.4) is 0 Å². The quantitative estimate of drug-likeness (QED) is 0.0266. The highest BCUT2D eigenvalue weighted by Gasteiger charge is 2.18. The van der Waals surface area contributed by atoms with E-state index in [0.717, 1.165) is 38.8 Å². The van der Waals surface area contributed by atoms with Gasteiger partial charge in [0.15, 0.2) is 0 Å². The Morgan fingerprint density at radius 3 is 2.45 bits per heavy atom. The third-order valence-corrected chi connectivity index (χ3v) is 5.88. The van der Waals surface area contributed by atoms with Crippen molar-refractivity contribution < 1.29 is 14.3 Å². The molecule has 0 aliphatic carbocycles. The Morgan fingerprint density at radius 2 is 1.80 bits per heavy atom. The number of benzene rings is 1. The van der Waals surface area contributed by atoms with Crippen LogP contribution in [0.25, 0.3) is 0 Å². The molecule has 2 aromatic rings. The number of carbonyl (C=O) groups is 2. The first kappa shape index (κ1) is 32.3. The maximum Gasteiger partial charge on any atom is 0.259 e. The van der Waals surface area contributed by atoms with Crippen LogP contribution in [-0.4, -0.2) is 61.4 Å². The van der Waals surface area contributed by atoms with E-state index in [0.29, 0.717) is 29.5 Å². The first-order valence-electron chi connectivity index (χ1n) is 13.0. The molecule has 0 bridgehead atoms. The Kier molecular flexibility index (Phi) is 14.8. The highest BCUT2D eigenvalue weighted by Crippen LogP contribution is 2.15. The molecule has 2 amide bonds. The summed E-state index contributed by atoms with van der Waals surface area (Å²) < 4.78 is 5.48. The van der Waals surface area contributed by atoms with Gasteiger partial charge < -0.3 is 26.0 Å². The summed E-state index contributed by atoms with van der Waals surface area (Å²) in [7, 11) is 3.55. The van der Waals surface area contributed by atoms with Gasteiger partial charge in [-0.1, -0.05) is 31.0 Å². The summed E-state index contributed by atoms with van der Waals surface area (Å²) in [5.74, 6) is -0.248. The number of amidine groups is 1. The second kappa shape index (κ2) is 18.4. The Bertz CT molecular complexity index is 1180. The van der Waals surface area contributed by atoms with Crippen molar-refractivity contribution in [3.63, 3.8) is 0 Å². The van der Waals surface area contributed by atoms with Gasteiger partial charge >= 0.3 is 0 Å².